The second-order valence-electron chi connectivity index (χ2n) is 5.39. The Kier molecular flexibility index (Phi) is 6.75. The summed E-state index contributed by atoms with van der Waals surface area (Å²) in [6.45, 7) is 7.12. The predicted molar refractivity (Wildman–Crippen MR) is 75.4 cm³/mol. The van der Waals surface area contributed by atoms with Gasteiger partial charge in [-0.1, -0.05) is 6.92 Å². The summed E-state index contributed by atoms with van der Waals surface area (Å²) in [5, 5.41) is 12.7. The lowest BCUT2D eigenvalue weighted by Crippen LogP contribution is -2.51. The quantitative estimate of drug-likeness (QED) is 0.620. The lowest BCUT2D eigenvalue weighted by Gasteiger charge is -2.28. The number of carboxylic acid groups (broad SMARTS) is 1. The molecule has 0 aromatic rings. The second-order valence-corrected chi connectivity index (χ2v) is 5.39. The van der Waals surface area contributed by atoms with E-state index in [2.05, 4.69) is 24.2 Å². The van der Waals surface area contributed by atoms with Crippen molar-refractivity contribution < 1.29 is 14.6 Å². The summed E-state index contributed by atoms with van der Waals surface area (Å²) < 4.78 is 5.35. The zero-order valence-electron chi connectivity index (χ0n) is 12.4. The Balaban J connectivity index is 2.50. The van der Waals surface area contributed by atoms with Crippen LogP contribution >= 0.6 is 0 Å². The van der Waals surface area contributed by atoms with Crippen LogP contribution in [0, 0.1) is 0 Å². The molecule has 0 radical (unpaired) electrons. The maximum absolute atomic E-state index is 11.6. The van der Waals surface area contributed by atoms with Crippen LogP contribution in [0.3, 0.4) is 0 Å². The number of rotatable bonds is 9. The summed E-state index contributed by atoms with van der Waals surface area (Å²) in [6, 6.07) is 0.334. The molecule has 1 aliphatic rings. The first kappa shape index (κ1) is 16.4. The van der Waals surface area contributed by atoms with Crippen molar-refractivity contribution in [1.29, 1.82) is 0 Å². The highest BCUT2D eigenvalue weighted by Gasteiger charge is 2.45. The normalized spacial score (nSPS) is 27.1. The van der Waals surface area contributed by atoms with Gasteiger partial charge in [0.25, 0.3) is 0 Å². The Morgan fingerprint density at radius 3 is 2.84 bits per heavy atom. The fourth-order valence-corrected chi connectivity index (χ4v) is 2.73. The van der Waals surface area contributed by atoms with Gasteiger partial charge in [0.15, 0.2) is 0 Å². The molecule has 2 unspecified atom stereocenters. The van der Waals surface area contributed by atoms with Gasteiger partial charge in [-0.2, -0.15) is 0 Å². The van der Waals surface area contributed by atoms with E-state index >= 15 is 0 Å². The summed E-state index contributed by atoms with van der Waals surface area (Å²) in [6.07, 6.45) is 3.29. The van der Waals surface area contributed by atoms with Crippen LogP contribution in [-0.2, 0) is 9.53 Å². The van der Waals surface area contributed by atoms with Gasteiger partial charge < -0.3 is 20.1 Å². The third-order valence-electron chi connectivity index (χ3n) is 4.03. The Hall–Kier alpha value is -0.650. The molecule has 0 amide bonds. The van der Waals surface area contributed by atoms with Gasteiger partial charge in [-0.3, -0.25) is 4.79 Å². The van der Waals surface area contributed by atoms with E-state index in [0.29, 0.717) is 25.5 Å². The second kappa shape index (κ2) is 7.82. The molecule has 5 heteroatoms. The summed E-state index contributed by atoms with van der Waals surface area (Å²) in [7, 11) is 2.06. The molecule has 0 heterocycles. The fraction of sp³-hybridized carbons (Fsp3) is 0.929. The van der Waals surface area contributed by atoms with E-state index in [-0.39, 0.29) is 0 Å². The van der Waals surface area contributed by atoms with Crippen molar-refractivity contribution in [2.45, 2.75) is 51.1 Å². The predicted octanol–water partition coefficient (Wildman–Crippen LogP) is 1.33. The van der Waals surface area contributed by atoms with E-state index in [0.717, 1.165) is 32.5 Å². The fourth-order valence-electron chi connectivity index (χ4n) is 2.73. The van der Waals surface area contributed by atoms with E-state index in [1.807, 2.05) is 6.92 Å². The van der Waals surface area contributed by atoms with E-state index in [1.54, 1.807) is 0 Å². The number of hydrogen-bond donors (Lipinski definition) is 2. The molecule has 0 aromatic carbocycles. The maximum Gasteiger partial charge on any atom is 0.323 e. The molecule has 2 atom stereocenters. The van der Waals surface area contributed by atoms with Crippen molar-refractivity contribution in [2.75, 3.05) is 33.4 Å². The topological polar surface area (TPSA) is 61.8 Å². The van der Waals surface area contributed by atoms with Gasteiger partial charge in [0.05, 0.1) is 6.61 Å². The molecule has 1 aliphatic carbocycles. The third-order valence-corrected chi connectivity index (χ3v) is 4.03. The first-order valence-electron chi connectivity index (χ1n) is 7.32. The van der Waals surface area contributed by atoms with Gasteiger partial charge in [-0.05, 0) is 46.2 Å². The minimum Gasteiger partial charge on any atom is -0.480 e. The molecular formula is C14H28N2O3. The van der Waals surface area contributed by atoms with Crippen molar-refractivity contribution in [2.24, 2.45) is 0 Å². The number of carbonyl (C=O) groups is 1. The Labute approximate surface area is 116 Å². The smallest absolute Gasteiger partial charge is 0.323 e. The van der Waals surface area contributed by atoms with Gasteiger partial charge in [-0.15, -0.1) is 0 Å². The highest BCUT2D eigenvalue weighted by Crippen LogP contribution is 2.33. The third kappa shape index (κ3) is 4.44. The molecule has 1 saturated carbocycles. The zero-order chi connectivity index (χ0) is 14.3. The molecule has 0 bridgehead atoms. The van der Waals surface area contributed by atoms with Crippen molar-refractivity contribution in [3.63, 3.8) is 0 Å². The minimum atomic E-state index is -0.722. The van der Waals surface area contributed by atoms with Crippen LogP contribution in [0.15, 0.2) is 0 Å². The average Bonchev–Trinajstić information content (AvgIpc) is 2.82. The largest absolute Gasteiger partial charge is 0.480 e. The average molecular weight is 272 g/mol. The summed E-state index contributed by atoms with van der Waals surface area (Å²) in [5.41, 5.74) is -0.722. The van der Waals surface area contributed by atoms with Crippen molar-refractivity contribution in [3.05, 3.63) is 0 Å². The lowest BCUT2D eigenvalue weighted by molar-refractivity contribution is -0.144. The number of hydrogen-bond acceptors (Lipinski definition) is 4. The molecule has 19 heavy (non-hydrogen) atoms. The Morgan fingerprint density at radius 1 is 1.53 bits per heavy atom. The highest BCUT2D eigenvalue weighted by atomic mass is 16.5. The van der Waals surface area contributed by atoms with Crippen LogP contribution in [0.4, 0.5) is 0 Å². The molecule has 1 fully saturated rings. The summed E-state index contributed by atoms with van der Waals surface area (Å²) in [4.78, 5) is 13.8. The summed E-state index contributed by atoms with van der Waals surface area (Å²) >= 11 is 0. The van der Waals surface area contributed by atoms with E-state index in [4.69, 9.17) is 4.74 Å². The number of aliphatic carboxylic acids is 1. The first-order valence-corrected chi connectivity index (χ1v) is 7.32. The first-order chi connectivity index (χ1) is 9.05. The number of nitrogens with one attached hydrogen (secondary N) is 1. The molecule has 0 spiro atoms. The van der Waals surface area contributed by atoms with Crippen molar-refractivity contribution in [3.8, 4) is 0 Å². The number of ether oxygens (including phenoxy) is 1. The number of carboxylic acids is 1. The van der Waals surface area contributed by atoms with Gasteiger partial charge in [0.1, 0.15) is 5.54 Å². The van der Waals surface area contributed by atoms with Crippen LogP contribution in [0.2, 0.25) is 0 Å². The van der Waals surface area contributed by atoms with Gasteiger partial charge in [0.2, 0.25) is 0 Å². The van der Waals surface area contributed by atoms with Gasteiger partial charge in [0, 0.05) is 19.2 Å². The SMILES string of the molecule is CCCNC1(C(=O)O)CCC(N(C)CCOCC)C1. The Morgan fingerprint density at radius 2 is 2.26 bits per heavy atom. The van der Waals surface area contributed by atoms with Crippen LogP contribution in [0.1, 0.15) is 39.5 Å². The van der Waals surface area contributed by atoms with Crippen LogP contribution in [-0.4, -0.2) is 60.9 Å². The molecule has 0 saturated heterocycles. The zero-order valence-corrected chi connectivity index (χ0v) is 12.4. The van der Waals surface area contributed by atoms with E-state index in [9.17, 15) is 9.90 Å². The standard InChI is InChI=1S/C14H28N2O3/c1-4-8-15-14(13(17)18)7-6-12(11-14)16(3)9-10-19-5-2/h12,15H,4-11H2,1-3H3,(H,17,18). The van der Waals surface area contributed by atoms with Crippen LogP contribution < -0.4 is 5.32 Å². The summed E-state index contributed by atoms with van der Waals surface area (Å²) in [5.74, 6) is -0.707. The monoisotopic (exact) mass is 272 g/mol. The lowest BCUT2D eigenvalue weighted by atomic mass is 9.97. The molecule has 5 nitrogen and oxygen atoms in total. The molecule has 1 rings (SSSR count). The molecule has 0 aliphatic heterocycles. The van der Waals surface area contributed by atoms with E-state index < -0.39 is 11.5 Å². The molecule has 112 valence electrons. The molecular weight excluding hydrogens is 244 g/mol. The maximum atomic E-state index is 11.6. The van der Waals surface area contributed by atoms with Gasteiger partial charge in [-0.25, -0.2) is 0 Å². The number of likely N-dealkylation sites (N-methyl/N-ethyl adjacent to an activating group) is 1. The van der Waals surface area contributed by atoms with Gasteiger partial charge >= 0.3 is 5.97 Å². The minimum absolute atomic E-state index is 0.334. The highest BCUT2D eigenvalue weighted by molar-refractivity contribution is 5.79. The van der Waals surface area contributed by atoms with Crippen LogP contribution in [0.5, 0.6) is 0 Å². The molecule has 2 N–H and O–H groups in total. The van der Waals surface area contributed by atoms with Crippen LogP contribution in [0.25, 0.3) is 0 Å². The molecule has 0 aromatic heterocycles. The Bertz CT molecular complexity index is 286. The number of nitrogens with zero attached hydrogens (tertiary/aromatic N) is 1. The van der Waals surface area contributed by atoms with Crippen molar-refractivity contribution >= 4 is 5.97 Å². The van der Waals surface area contributed by atoms with Crippen molar-refractivity contribution in [1.82, 2.24) is 10.2 Å². The van der Waals surface area contributed by atoms with E-state index in [1.165, 1.54) is 0 Å².